The maximum absolute atomic E-state index is 12.0. The van der Waals surface area contributed by atoms with Gasteiger partial charge < -0.3 is 5.32 Å². The van der Waals surface area contributed by atoms with Crippen LogP contribution in [0.1, 0.15) is 38.1 Å². The quantitative estimate of drug-likeness (QED) is 0.863. The molecule has 0 aliphatic carbocycles. The number of hydrogen-bond acceptors (Lipinski definition) is 1. The molecule has 1 aromatic carbocycles. The minimum atomic E-state index is -0.0908. The van der Waals surface area contributed by atoms with E-state index in [-0.39, 0.29) is 11.3 Å². The van der Waals surface area contributed by atoms with E-state index in [1.54, 1.807) is 18.2 Å². The molecule has 0 saturated carbocycles. The molecule has 1 N–H and O–H groups in total. The smallest absolute Gasteiger partial charge is 0.251 e. The zero-order chi connectivity index (χ0) is 13.9. The third-order valence-electron chi connectivity index (χ3n) is 3.39. The van der Waals surface area contributed by atoms with Crippen LogP contribution in [-0.2, 0) is 0 Å². The summed E-state index contributed by atoms with van der Waals surface area (Å²) in [6.45, 7) is 9.25. The van der Waals surface area contributed by atoms with E-state index in [1.807, 2.05) is 0 Å². The average molecular weight is 333 g/mol. The summed E-state index contributed by atoms with van der Waals surface area (Å²) < 4.78 is 0.809. The Morgan fingerprint density at radius 1 is 1.39 bits per heavy atom. The van der Waals surface area contributed by atoms with Crippen LogP contribution in [0.5, 0.6) is 0 Å². The SMILES string of the molecule is CC(C)C(C)(C)CNC(=O)c1cc(Cl)cc(Br)c1. The maximum atomic E-state index is 12.0. The van der Waals surface area contributed by atoms with Crippen molar-refractivity contribution in [3.8, 4) is 0 Å². The van der Waals surface area contributed by atoms with Gasteiger partial charge in [-0.2, -0.15) is 0 Å². The molecule has 0 fully saturated rings. The monoisotopic (exact) mass is 331 g/mol. The van der Waals surface area contributed by atoms with Crippen LogP contribution in [0, 0.1) is 11.3 Å². The van der Waals surface area contributed by atoms with Gasteiger partial charge >= 0.3 is 0 Å². The van der Waals surface area contributed by atoms with Crippen molar-refractivity contribution in [2.75, 3.05) is 6.54 Å². The molecule has 0 atom stereocenters. The molecule has 0 spiro atoms. The zero-order valence-electron chi connectivity index (χ0n) is 11.2. The van der Waals surface area contributed by atoms with Gasteiger partial charge in [0.2, 0.25) is 0 Å². The normalized spacial score (nSPS) is 11.7. The van der Waals surface area contributed by atoms with Crippen molar-refractivity contribution in [2.45, 2.75) is 27.7 Å². The van der Waals surface area contributed by atoms with Crippen LogP contribution in [-0.4, -0.2) is 12.5 Å². The largest absolute Gasteiger partial charge is 0.351 e. The van der Waals surface area contributed by atoms with E-state index in [0.717, 1.165) is 4.47 Å². The number of carbonyl (C=O) groups excluding carboxylic acids is 1. The summed E-state index contributed by atoms with van der Waals surface area (Å²) in [6.07, 6.45) is 0. The lowest BCUT2D eigenvalue weighted by atomic mass is 9.81. The molecule has 1 aromatic rings. The molecule has 1 rings (SSSR count). The molecule has 0 bridgehead atoms. The van der Waals surface area contributed by atoms with Crippen molar-refractivity contribution in [1.29, 1.82) is 0 Å². The van der Waals surface area contributed by atoms with Gasteiger partial charge in [0.05, 0.1) is 0 Å². The minimum absolute atomic E-state index is 0.0749. The summed E-state index contributed by atoms with van der Waals surface area (Å²) in [6, 6.07) is 5.20. The highest BCUT2D eigenvalue weighted by molar-refractivity contribution is 9.10. The molecule has 0 aliphatic rings. The van der Waals surface area contributed by atoms with E-state index in [4.69, 9.17) is 11.6 Å². The number of benzene rings is 1. The van der Waals surface area contributed by atoms with E-state index in [0.29, 0.717) is 23.0 Å². The van der Waals surface area contributed by atoms with Crippen molar-refractivity contribution in [2.24, 2.45) is 11.3 Å². The third kappa shape index (κ3) is 4.29. The fraction of sp³-hybridized carbons (Fsp3) is 0.500. The van der Waals surface area contributed by atoms with Crippen LogP contribution in [0.3, 0.4) is 0 Å². The molecule has 1 amide bonds. The van der Waals surface area contributed by atoms with Crippen molar-refractivity contribution in [1.82, 2.24) is 5.32 Å². The third-order valence-corrected chi connectivity index (χ3v) is 4.07. The molecule has 4 heteroatoms. The average Bonchev–Trinajstić information content (AvgIpc) is 2.24. The molecule has 0 unspecified atom stereocenters. The standard InChI is InChI=1S/C14H19BrClNO/c1-9(2)14(3,4)8-17-13(18)10-5-11(15)7-12(16)6-10/h5-7,9H,8H2,1-4H3,(H,17,18). The van der Waals surface area contributed by atoms with Gasteiger partial charge in [-0.25, -0.2) is 0 Å². The molecule has 0 heterocycles. The summed E-state index contributed by atoms with van der Waals surface area (Å²) in [5, 5.41) is 3.51. The predicted molar refractivity (Wildman–Crippen MR) is 80.1 cm³/mol. The summed E-state index contributed by atoms with van der Waals surface area (Å²) in [7, 11) is 0. The molecule has 0 saturated heterocycles. The number of halogens is 2. The Kier molecular flexibility index (Phi) is 5.23. The van der Waals surface area contributed by atoms with E-state index in [1.165, 1.54) is 0 Å². The lowest BCUT2D eigenvalue weighted by Crippen LogP contribution is -2.36. The summed E-state index contributed by atoms with van der Waals surface area (Å²) in [5.74, 6) is 0.413. The van der Waals surface area contributed by atoms with Crippen LogP contribution < -0.4 is 5.32 Å². The highest BCUT2D eigenvalue weighted by Gasteiger charge is 2.23. The Balaban J connectivity index is 2.72. The first-order valence-electron chi connectivity index (χ1n) is 5.96. The van der Waals surface area contributed by atoms with Gasteiger partial charge in [-0.15, -0.1) is 0 Å². The second-order valence-electron chi connectivity index (χ2n) is 5.48. The Morgan fingerprint density at radius 2 is 2.00 bits per heavy atom. The van der Waals surface area contributed by atoms with Gasteiger partial charge in [-0.3, -0.25) is 4.79 Å². The molecular weight excluding hydrogens is 314 g/mol. The van der Waals surface area contributed by atoms with Crippen LogP contribution in [0.15, 0.2) is 22.7 Å². The van der Waals surface area contributed by atoms with Gasteiger partial charge in [-0.1, -0.05) is 55.2 Å². The summed E-state index contributed by atoms with van der Waals surface area (Å²) >= 11 is 9.26. The van der Waals surface area contributed by atoms with Crippen LogP contribution in [0.2, 0.25) is 5.02 Å². The predicted octanol–water partition coefficient (Wildman–Crippen LogP) is 4.51. The lowest BCUT2D eigenvalue weighted by Gasteiger charge is -2.29. The van der Waals surface area contributed by atoms with E-state index in [9.17, 15) is 4.79 Å². The molecule has 0 aromatic heterocycles. The molecular formula is C14H19BrClNO. The number of nitrogens with one attached hydrogen (secondary N) is 1. The fourth-order valence-electron chi connectivity index (χ4n) is 1.30. The molecule has 0 aliphatic heterocycles. The Bertz CT molecular complexity index is 423. The Morgan fingerprint density at radius 3 is 2.50 bits per heavy atom. The number of hydrogen-bond donors (Lipinski definition) is 1. The topological polar surface area (TPSA) is 29.1 Å². The second-order valence-corrected chi connectivity index (χ2v) is 6.84. The first-order chi connectivity index (χ1) is 8.22. The Hall–Kier alpha value is -0.540. The molecule has 0 radical (unpaired) electrons. The number of rotatable bonds is 4. The van der Waals surface area contributed by atoms with Crippen molar-refractivity contribution in [3.63, 3.8) is 0 Å². The zero-order valence-corrected chi connectivity index (χ0v) is 13.5. The van der Waals surface area contributed by atoms with Crippen molar-refractivity contribution >= 4 is 33.4 Å². The number of carbonyl (C=O) groups is 1. The van der Waals surface area contributed by atoms with Crippen molar-refractivity contribution in [3.05, 3.63) is 33.3 Å². The van der Waals surface area contributed by atoms with Gasteiger partial charge in [0, 0.05) is 21.6 Å². The highest BCUT2D eigenvalue weighted by Crippen LogP contribution is 2.25. The summed E-state index contributed by atoms with van der Waals surface area (Å²) in [5.41, 5.74) is 0.653. The van der Waals surface area contributed by atoms with Gasteiger partial charge in [0.1, 0.15) is 0 Å². The molecule has 2 nitrogen and oxygen atoms in total. The fourth-order valence-corrected chi connectivity index (χ4v) is 2.16. The minimum Gasteiger partial charge on any atom is -0.351 e. The van der Waals surface area contributed by atoms with Gasteiger partial charge in [-0.05, 0) is 29.5 Å². The Labute approximate surface area is 122 Å². The van der Waals surface area contributed by atoms with Crippen LogP contribution in [0.25, 0.3) is 0 Å². The first-order valence-corrected chi connectivity index (χ1v) is 7.14. The van der Waals surface area contributed by atoms with E-state index < -0.39 is 0 Å². The van der Waals surface area contributed by atoms with Gasteiger partial charge in [0.15, 0.2) is 0 Å². The van der Waals surface area contributed by atoms with E-state index in [2.05, 4.69) is 48.9 Å². The van der Waals surface area contributed by atoms with Crippen molar-refractivity contribution < 1.29 is 4.79 Å². The van der Waals surface area contributed by atoms with Gasteiger partial charge in [0.25, 0.3) is 5.91 Å². The lowest BCUT2D eigenvalue weighted by molar-refractivity contribution is 0.0924. The first kappa shape index (κ1) is 15.5. The van der Waals surface area contributed by atoms with Crippen LogP contribution >= 0.6 is 27.5 Å². The van der Waals surface area contributed by atoms with E-state index >= 15 is 0 Å². The molecule has 100 valence electrons. The highest BCUT2D eigenvalue weighted by atomic mass is 79.9. The summed E-state index contributed by atoms with van der Waals surface area (Å²) in [4.78, 5) is 12.0. The molecule has 18 heavy (non-hydrogen) atoms. The number of amides is 1. The maximum Gasteiger partial charge on any atom is 0.251 e. The second kappa shape index (κ2) is 6.07. The van der Waals surface area contributed by atoms with Crippen LogP contribution in [0.4, 0.5) is 0 Å².